The molecule has 6 N–H and O–H groups in total. The maximum atomic E-state index is 11.6. The summed E-state index contributed by atoms with van der Waals surface area (Å²) in [5.74, 6) is 0.402. The predicted molar refractivity (Wildman–Crippen MR) is 112 cm³/mol. The summed E-state index contributed by atoms with van der Waals surface area (Å²) >= 11 is 0. The van der Waals surface area contributed by atoms with E-state index in [0.29, 0.717) is 18.1 Å². The van der Waals surface area contributed by atoms with Gasteiger partial charge in [0.05, 0.1) is 19.5 Å². The van der Waals surface area contributed by atoms with Crippen molar-refractivity contribution in [1.82, 2.24) is 16.0 Å². The van der Waals surface area contributed by atoms with E-state index in [1.54, 1.807) is 19.2 Å². The molecule has 0 aromatic heterocycles. The van der Waals surface area contributed by atoms with Gasteiger partial charge in [0.25, 0.3) is 0 Å². The van der Waals surface area contributed by atoms with Crippen molar-refractivity contribution in [3.8, 4) is 5.75 Å². The Kier molecular flexibility index (Phi) is 6.49. The first-order valence-electron chi connectivity index (χ1n) is 9.02. The first kappa shape index (κ1) is 19.7. The van der Waals surface area contributed by atoms with Gasteiger partial charge in [0.15, 0.2) is 0 Å². The first-order chi connectivity index (χ1) is 13.6. The molecule has 28 heavy (non-hydrogen) atoms. The predicted octanol–water partition coefficient (Wildman–Crippen LogP) is 1.96. The summed E-state index contributed by atoms with van der Waals surface area (Å²) in [5, 5.41) is 19.5. The molecule has 1 saturated heterocycles. The number of benzene rings is 2. The van der Waals surface area contributed by atoms with Gasteiger partial charge < -0.3 is 20.7 Å². The molecule has 8 nitrogen and oxygen atoms in total. The zero-order valence-electron chi connectivity index (χ0n) is 16.0. The number of para-hydroxylation sites is 1. The van der Waals surface area contributed by atoms with Crippen LogP contribution in [-0.4, -0.2) is 32.3 Å². The van der Waals surface area contributed by atoms with E-state index in [1.165, 1.54) is 11.6 Å². The third-order valence-corrected chi connectivity index (χ3v) is 4.34. The lowest BCUT2D eigenvalue weighted by Gasteiger charge is -2.35. The lowest BCUT2D eigenvalue weighted by Crippen LogP contribution is -2.67. The normalized spacial score (nSPS) is 18.8. The highest BCUT2D eigenvalue weighted by molar-refractivity contribution is 5.99. The van der Waals surface area contributed by atoms with Gasteiger partial charge in [0, 0.05) is 11.4 Å². The Morgan fingerprint density at radius 2 is 1.86 bits per heavy atom. The molecule has 2 atom stereocenters. The van der Waals surface area contributed by atoms with Gasteiger partial charge in [-0.3, -0.25) is 20.7 Å². The summed E-state index contributed by atoms with van der Waals surface area (Å²) < 4.78 is 5.43. The fourth-order valence-corrected chi connectivity index (χ4v) is 2.87. The molecule has 0 saturated carbocycles. The van der Waals surface area contributed by atoms with Crippen molar-refractivity contribution in [2.75, 3.05) is 29.7 Å². The minimum absolute atomic E-state index is 0.130. The molecule has 148 valence electrons. The third kappa shape index (κ3) is 5.01. The van der Waals surface area contributed by atoms with Crippen LogP contribution in [0.5, 0.6) is 5.75 Å². The van der Waals surface area contributed by atoms with E-state index in [1.807, 2.05) is 24.3 Å². The van der Waals surface area contributed by atoms with Crippen LogP contribution in [0.15, 0.2) is 55.1 Å². The van der Waals surface area contributed by atoms with Crippen molar-refractivity contribution in [3.63, 3.8) is 0 Å². The van der Waals surface area contributed by atoms with Crippen LogP contribution in [0.2, 0.25) is 0 Å². The SMILES string of the molecule is C=CC(=O)Nc1ccc(OC)c(NC2NCNC(Nc3ccccc3C)N2)c1. The summed E-state index contributed by atoms with van der Waals surface area (Å²) in [5.41, 5.74) is 3.61. The molecule has 8 heteroatoms. The highest BCUT2D eigenvalue weighted by Gasteiger charge is 2.21. The largest absolute Gasteiger partial charge is 0.495 e. The number of amides is 1. The summed E-state index contributed by atoms with van der Waals surface area (Å²) in [6.07, 6.45) is 0.881. The minimum Gasteiger partial charge on any atom is -0.495 e. The van der Waals surface area contributed by atoms with Crippen LogP contribution in [0.3, 0.4) is 0 Å². The standard InChI is InChI=1S/C20H26N6O2/c1-4-18(27)23-14-9-10-17(28-3)16(11-14)25-20-22-12-21-19(26-20)24-15-8-6-5-7-13(15)2/h4-11,19-22,24-26H,1,12H2,2-3H3,(H,23,27). The van der Waals surface area contributed by atoms with E-state index in [4.69, 9.17) is 4.74 Å². The van der Waals surface area contributed by atoms with E-state index in [0.717, 1.165) is 11.4 Å². The monoisotopic (exact) mass is 382 g/mol. The van der Waals surface area contributed by atoms with Crippen molar-refractivity contribution in [1.29, 1.82) is 0 Å². The van der Waals surface area contributed by atoms with Crippen LogP contribution in [-0.2, 0) is 4.79 Å². The zero-order chi connectivity index (χ0) is 19.9. The average Bonchev–Trinajstić information content (AvgIpc) is 2.70. The van der Waals surface area contributed by atoms with Crippen molar-refractivity contribution in [2.45, 2.75) is 19.5 Å². The molecule has 0 bridgehead atoms. The second-order valence-electron chi connectivity index (χ2n) is 6.33. The molecule has 1 aliphatic rings. The lowest BCUT2D eigenvalue weighted by atomic mass is 10.2. The Labute approximate surface area is 164 Å². The fourth-order valence-electron chi connectivity index (χ4n) is 2.87. The second kappa shape index (κ2) is 9.23. The molecule has 2 aromatic carbocycles. The number of ether oxygens (including phenoxy) is 1. The number of hydrogen-bond donors (Lipinski definition) is 6. The van der Waals surface area contributed by atoms with Crippen LogP contribution in [0.25, 0.3) is 0 Å². The maximum Gasteiger partial charge on any atom is 0.247 e. The van der Waals surface area contributed by atoms with Gasteiger partial charge >= 0.3 is 0 Å². The summed E-state index contributed by atoms with van der Waals surface area (Å²) in [6, 6.07) is 13.5. The number of carbonyl (C=O) groups excluding carboxylic acids is 1. The molecular formula is C20H26N6O2. The number of hydrogen-bond acceptors (Lipinski definition) is 7. The van der Waals surface area contributed by atoms with Crippen LogP contribution < -0.4 is 36.6 Å². The summed E-state index contributed by atoms with van der Waals surface area (Å²) in [6.45, 7) is 6.13. The Hall–Kier alpha value is -3.07. The molecule has 0 aliphatic carbocycles. The van der Waals surface area contributed by atoms with Gasteiger partial charge in [0.2, 0.25) is 5.91 Å². The minimum atomic E-state index is -0.267. The van der Waals surface area contributed by atoms with Crippen LogP contribution in [0.4, 0.5) is 17.1 Å². The molecule has 1 heterocycles. The second-order valence-corrected chi connectivity index (χ2v) is 6.33. The number of anilines is 3. The molecule has 1 fully saturated rings. The first-order valence-corrected chi connectivity index (χ1v) is 9.02. The number of methoxy groups -OCH3 is 1. The third-order valence-electron chi connectivity index (χ3n) is 4.34. The van der Waals surface area contributed by atoms with E-state index < -0.39 is 0 Å². The maximum absolute atomic E-state index is 11.6. The number of carbonyl (C=O) groups is 1. The summed E-state index contributed by atoms with van der Waals surface area (Å²) in [4.78, 5) is 11.6. The lowest BCUT2D eigenvalue weighted by molar-refractivity contribution is -0.111. The average molecular weight is 382 g/mol. The molecule has 3 rings (SSSR count). The Balaban J connectivity index is 1.68. The fraction of sp³-hybridized carbons (Fsp3) is 0.250. The highest BCUT2D eigenvalue weighted by atomic mass is 16.5. The van der Waals surface area contributed by atoms with Gasteiger partial charge in [0.1, 0.15) is 18.3 Å². The molecule has 1 aliphatic heterocycles. The van der Waals surface area contributed by atoms with Gasteiger partial charge in [-0.2, -0.15) is 0 Å². The Bertz CT molecular complexity index is 841. The number of rotatable bonds is 7. The van der Waals surface area contributed by atoms with E-state index in [-0.39, 0.29) is 18.5 Å². The highest BCUT2D eigenvalue weighted by Crippen LogP contribution is 2.28. The summed E-state index contributed by atoms with van der Waals surface area (Å²) in [7, 11) is 1.61. The van der Waals surface area contributed by atoms with E-state index in [2.05, 4.69) is 51.5 Å². The van der Waals surface area contributed by atoms with Crippen molar-refractivity contribution in [2.24, 2.45) is 0 Å². The van der Waals surface area contributed by atoms with Crippen LogP contribution in [0, 0.1) is 6.92 Å². The topological polar surface area (TPSA) is 98.5 Å². The molecular weight excluding hydrogens is 356 g/mol. The van der Waals surface area contributed by atoms with Gasteiger partial charge in [-0.25, -0.2) is 0 Å². The quantitative estimate of drug-likeness (QED) is 0.407. The van der Waals surface area contributed by atoms with Crippen molar-refractivity contribution < 1.29 is 9.53 Å². The van der Waals surface area contributed by atoms with Gasteiger partial charge in [-0.1, -0.05) is 24.8 Å². The van der Waals surface area contributed by atoms with Crippen molar-refractivity contribution >= 4 is 23.0 Å². The Morgan fingerprint density at radius 3 is 2.54 bits per heavy atom. The Morgan fingerprint density at radius 1 is 1.14 bits per heavy atom. The molecule has 2 unspecified atom stereocenters. The van der Waals surface area contributed by atoms with E-state index >= 15 is 0 Å². The van der Waals surface area contributed by atoms with Gasteiger partial charge in [-0.05, 0) is 42.8 Å². The molecule has 2 aromatic rings. The van der Waals surface area contributed by atoms with Crippen LogP contribution in [0.1, 0.15) is 5.56 Å². The van der Waals surface area contributed by atoms with Gasteiger partial charge in [-0.15, -0.1) is 0 Å². The van der Waals surface area contributed by atoms with E-state index in [9.17, 15) is 4.79 Å². The molecule has 1 amide bonds. The molecule has 0 spiro atoms. The molecule has 0 radical (unpaired) electrons. The number of nitrogens with one attached hydrogen (secondary N) is 6. The number of aryl methyl sites for hydroxylation is 1. The van der Waals surface area contributed by atoms with Crippen LogP contribution >= 0.6 is 0 Å². The smallest absolute Gasteiger partial charge is 0.247 e. The van der Waals surface area contributed by atoms with Crippen molar-refractivity contribution in [3.05, 3.63) is 60.7 Å². The zero-order valence-corrected chi connectivity index (χ0v) is 16.0.